The van der Waals surface area contributed by atoms with E-state index < -0.39 is 0 Å². The molecule has 0 bridgehead atoms. The van der Waals surface area contributed by atoms with E-state index in [1.807, 2.05) is 23.6 Å². The van der Waals surface area contributed by atoms with E-state index in [2.05, 4.69) is 19.2 Å². The van der Waals surface area contributed by atoms with Gasteiger partial charge in [0.25, 0.3) is 0 Å². The van der Waals surface area contributed by atoms with Gasteiger partial charge in [-0.3, -0.25) is 0 Å². The number of nitrogens with one attached hydrogen (secondary N) is 1. The van der Waals surface area contributed by atoms with Crippen LogP contribution in [0.5, 0.6) is 5.75 Å². The molecule has 2 nitrogen and oxygen atoms in total. The third-order valence-electron chi connectivity index (χ3n) is 2.89. The number of halogens is 2. The fraction of sp³-hybridized carbons (Fsp3) is 0.375. The Morgan fingerprint density at radius 3 is 2.76 bits per heavy atom. The molecule has 1 N–H and O–H groups in total. The summed E-state index contributed by atoms with van der Waals surface area (Å²) >= 11 is 14.0. The normalized spacial score (nSPS) is 11.1. The molecule has 0 atom stereocenters. The van der Waals surface area contributed by atoms with E-state index in [1.165, 1.54) is 4.88 Å². The predicted molar refractivity (Wildman–Crippen MR) is 91.7 cm³/mol. The first-order chi connectivity index (χ1) is 10.1. The van der Waals surface area contributed by atoms with Crippen LogP contribution in [-0.2, 0) is 13.2 Å². The van der Waals surface area contributed by atoms with Crippen LogP contribution in [0, 0.1) is 5.92 Å². The molecule has 0 amide bonds. The van der Waals surface area contributed by atoms with Crippen molar-refractivity contribution in [1.82, 2.24) is 5.32 Å². The van der Waals surface area contributed by atoms with Crippen LogP contribution in [0.25, 0.3) is 0 Å². The van der Waals surface area contributed by atoms with Gasteiger partial charge in [0.2, 0.25) is 0 Å². The zero-order valence-electron chi connectivity index (χ0n) is 12.2. The van der Waals surface area contributed by atoms with Gasteiger partial charge in [-0.1, -0.05) is 43.1 Å². The summed E-state index contributed by atoms with van der Waals surface area (Å²) in [5.74, 6) is 1.31. The lowest BCUT2D eigenvalue weighted by Gasteiger charge is -2.15. The fourth-order valence-corrected chi connectivity index (χ4v) is 3.15. The second kappa shape index (κ2) is 8.04. The van der Waals surface area contributed by atoms with Gasteiger partial charge in [0.1, 0.15) is 12.4 Å². The molecule has 0 saturated carbocycles. The number of hydrogen-bond acceptors (Lipinski definition) is 3. The molecule has 114 valence electrons. The summed E-state index contributed by atoms with van der Waals surface area (Å²) in [5.41, 5.74) is 0.990. The van der Waals surface area contributed by atoms with E-state index in [4.69, 9.17) is 27.9 Å². The molecule has 5 heteroatoms. The monoisotopic (exact) mass is 343 g/mol. The van der Waals surface area contributed by atoms with Crippen LogP contribution in [0.1, 0.15) is 24.3 Å². The first-order valence-corrected chi connectivity index (χ1v) is 8.53. The smallest absolute Gasteiger partial charge is 0.143 e. The summed E-state index contributed by atoms with van der Waals surface area (Å²) in [6.45, 7) is 6.50. The lowest BCUT2D eigenvalue weighted by molar-refractivity contribution is 0.305. The average Bonchev–Trinajstić information content (AvgIpc) is 2.90. The molecular weight excluding hydrogens is 325 g/mol. The summed E-state index contributed by atoms with van der Waals surface area (Å²) in [7, 11) is 0. The van der Waals surface area contributed by atoms with Gasteiger partial charge in [-0.25, -0.2) is 0 Å². The van der Waals surface area contributed by atoms with Crippen LogP contribution in [0.15, 0.2) is 29.6 Å². The largest absolute Gasteiger partial charge is 0.486 e. The standard InChI is InChI=1S/C16H19Cl2NOS/c1-11(2)8-19-9-12-6-13(17)7-15(18)16(12)20-10-14-4-3-5-21-14/h3-7,11,19H,8-10H2,1-2H3. The van der Waals surface area contributed by atoms with Gasteiger partial charge in [-0.15, -0.1) is 11.3 Å². The molecule has 0 aliphatic rings. The summed E-state index contributed by atoms with van der Waals surface area (Å²) in [6.07, 6.45) is 0. The van der Waals surface area contributed by atoms with Crippen molar-refractivity contribution < 1.29 is 4.74 Å². The zero-order chi connectivity index (χ0) is 15.2. The quantitative estimate of drug-likeness (QED) is 0.728. The van der Waals surface area contributed by atoms with Crippen molar-refractivity contribution in [2.24, 2.45) is 5.92 Å². The van der Waals surface area contributed by atoms with Gasteiger partial charge >= 0.3 is 0 Å². The molecule has 0 aliphatic carbocycles. The topological polar surface area (TPSA) is 21.3 Å². The van der Waals surface area contributed by atoms with Crippen LogP contribution in [0.4, 0.5) is 0 Å². The van der Waals surface area contributed by atoms with E-state index in [9.17, 15) is 0 Å². The Hall–Kier alpha value is -0.740. The second-order valence-electron chi connectivity index (χ2n) is 5.27. The second-order valence-corrected chi connectivity index (χ2v) is 7.14. The Balaban J connectivity index is 2.09. The molecule has 1 aromatic carbocycles. The molecule has 0 spiro atoms. The molecule has 1 aromatic heterocycles. The highest BCUT2D eigenvalue weighted by Crippen LogP contribution is 2.33. The molecule has 2 aromatic rings. The molecule has 0 unspecified atom stereocenters. The van der Waals surface area contributed by atoms with Crippen molar-refractivity contribution in [3.05, 3.63) is 50.1 Å². The molecule has 1 heterocycles. The minimum Gasteiger partial charge on any atom is -0.486 e. The highest BCUT2D eigenvalue weighted by atomic mass is 35.5. The number of thiophene rings is 1. The lowest BCUT2D eigenvalue weighted by Crippen LogP contribution is -2.19. The Kier molecular flexibility index (Phi) is 6.37. The van der Waals surface area contributed by atoms with E-state index in [0.29, 0.717) is 34.9 Å². The van der Waals surface area contributed by atoms with E-state index >= 15 is 0 Å². The maximum Gasteiger partial charge on any atom is 0.143 e. The first kappa shape index (κ1) is 16.6. The summed E-state index contributed by atoms with van der Waals surface area (Å²) in [4.78, 5) is 1.17. The molecule has 0 aliphatic heterocycles. The van der Waals surface area contributed by atoms with Crippen molar-refractivity contribution >= 4 is 34.5 Å². The summed E-state index contributed by atoms with van der Waals surface area (Å²) in [5, 5.41) is 6.61. The number of benzene rings is 1. The van der Waals surface area contributed by atoms with Gasteiger partial charge < -0.3 is 10.1 Å². The summed E-state index contributed by atoms with van der Waals surface area (Å²) in [6, 6.07) is 7.69. The van der Waals surface area contributed by atoms with Crippen molar-refractivity contribution in [2.75, 3.05) is 6.54 Å². The number of rotatable bonds is 7. The molecule has 21 heavy (non-hydrogen) atoms. The number of ether oxygens (including phenoxy) is 1. The van der Waals surface area contributed by atoms with E-state index in [1.54, 1.807) is 17.4 Å². The van der Waals surface area contributed by atoms with Crippen LogP contribution in [0.2, 0.25) is 10.0 Å². The highest BCUT2D eigenvalue weighted by molar-refractivity contribution is 7.09. The van der Waals surface area contributed by atoms with E-state index in [-0.39, 0.29) is 0 Å². The zero-order valence-corrected chi connectivity index (χ0v) is 14.5. The minimum absolute atomic E-state index is 0.524. The van der Waals surface area contributed by atoms with Gasteiger partial charge in [-0.05, 0) is 36.0 Å². The Bertz CT molecular complexity index is 570. The molecule has 0 radical (unpaired) electrons. The van der Waals surface area contributed by atoms with Gasteiger partial charge in [0.15, 0.2) is 0 Å². The predicted octanol–water partition coefficient (Wildman–Crippen LogP) is 5.38. The Morgan fingerprint density at radius 1 is 1.29 bits per heavy atom. The molecule has 0 fully saturated rings. The van der Waals surface area contributed by atoms with Crippen molar-refractivity contribution in [1.29, 1.82) is 0 Å². The molecular formula is C16H19Cl2NOS. The maximum absolute atomic E-state index is 6.28. The van der Waals surface area contributed by atoms with Gasteiger partial charge in [0.05, 0.1) is 5.02 Å². The average molecular weight is 344 g/mol. The third-order valence-corrected chi connectivity index (χ3v) is 4.24. The summed E-state index contributed by atoms with van der Waals surface area (Å²) < 4.78 is 5.90. The van der Waals surface area contributed by atoms with Crippen LogP contribution in [-0.4, -0.2) is 6.54 Å². The van der Waals surface area contributed by atoms with E-state index in [0.717, 1.165) is 12.1 Å². The molecule has 0 saturated heterocycles. The minimum atomic E-state index is 0.524. The van der Waals surface area contributed by atoms with Gasteiger partial charge in [-0.2, -0.15) is 0 Å². The first-order valence-electron chi connectivity index (χ1n) is 6.90. The van der Waals surface area contributed by atoms with Crippen LogP contribution in [0.3, 0.4) is 0 Å². The van der Waals surface area contributed by atoms with Crippen LogP contribution < -0.4 is 10.1 Å². The van der Waals surface area contributed by atoms with Crippen molar-refractivity contribution in [3.63, 3.8) is 0 Å². The third kappa shape index (κ3) is 5.19. The number of hydrogen-bond donors (Lipinski definition) is 1. The van der Waals surface area contributed by atoms with Crippen LogP contribution >= 0.6 is 34.5 Å². The SMILES string of the molecule is CC(C)CNCc1cc(Cl)cc(Cl)c1OCc1cccs1. The van der Waals surface area contributed by atoms with Gasteiger partial charge in [0, 0.05) is 22.0 Å². The highest BCUT2D eigenvalue weighted by Gasteiger charge is 2.11. The van der Waals surface area contributed by atoms with Crippen molar-refractivity contribution in [3.8, 4) is 5.75 Å². The molecule has 2 rings (SSSR count). The maximum atomic E-state index is 6.28. The lowest BCUT2D eigenvalue weighted by atomic mass is 10.1. The fourth-order valence-electron chi connectivity index (χ4n) is 1.94. The Morgan fingerprint density at radius 2 is 2.10 bits per heavy atom. The van der Waals surface area contributed by atoms with Crippen molar-refractivity contribution in [2.45, 2.75) is 27.0 Å². The Labute approximate surface area is 140 Å².